The first kappa shape index (κ1) is 12.6. The zero-order chi connectivity index (χ0) is 12.5. The Labute approximate surface area is 107 Å². The lowest BCUT2D eigenvalue weighted by molar-refractivity contribution is 0.434. The molecule has 4 N–H and O–H groups in total. The van der Waals surface area contributed by atoms with Crippen LogP contribution in [0.15, 0.2) is 29.6 Å². The van der Waals surface area contributed by atoms with Gasteiger partial charge >= 0.3 is 0 Å². The zero-order valence-corrected chi connectivity index (χ0v) is 11.3. The molecule has 17 heavy (non-hydrogen) atoms. The molecule has 1 atom stereocenters. The van der Waals surface area contributed by atoms with Crippen molar-refractivity contribution in [2.75, 3.05) is 0 Å². The molecule has 0 saturated carbocycles. The number of thiophene rings is 1. The number of hydrogen-bond donors (Lipinski definition) is 2. The number of nitrogens with two attached hydrogens (primary N) is 2. The second-order valence-electron chi connectivity index (χ2n) is 5.32. The van der Waals surface area contributed by atoms with Gasteiger partial charge in [-0.25, -0.2) is 0 Å². The molecule has 2 nitrogen and oxygen atoms in total. The highest BCUT2D eigenvalue weighted by molar-refractivity contribution is 7.17. The van der Waals surface area contributed by atoms with Crippen LogP contribution < -0.4 is 11.5 Å². The molecule has 0 spiro atoms. The highest BCUT2D eigenvalue weighted by atomic mass is 32.1. The molecule has 1 aromatic carbocycles. The molecule has 0 fully saturated rings. The summed E-state index contributed by atoms with van der Waals surface area (Å²) in [5.74, 6) is 0. The average Bonchev–Trinajstić information content (AvgIpc) is 2.68. The van der Waals surface area contributed by atoms with Crippen molar-refractivity contribution in [1.29, 1.82) is 0 Å². The summed E-state index contributed by atoms with van der Waals surface area (Å²) in [6.07, 6.45) is 1.88. The van der Waals surface area contributed by atoms with E-state index in [1.54, 1.807) is 11.3 Å². The van der Waals surface area contributed by atoms with E-state index in [0.717, 1.165) is 12.8 Å². The van der Waals surface area contributed by atoms with Crippen LogP contribution in [0.4, 0.5) is 0 Å². The van der Waals surface area contributed by atoms with Crippen LogP contribution >= 0.6 is 11.3 Å². The number of fused-ring (bicyclic) bond motifs is 1. The van der Waals surface area contributed by atoms with Gasteiger partial charge in [0.25, 0.3) is 0 Å². The van der Waals surface area contributed by atoms with Crippen LogP contribution in [0.2, 0.25) is 0 Å². The Morgan fingerprint density at radius 1 is 1.29 bits per heavy atom. The lowest BCUT2D eigenvalue weighted by Gasteiger charge is -2.20. The van der Waals surface area contributed by atoms with E-state index >= 15 is 0 Å². The van der Waals surface area contributed by atoms with E-state index in [2.05, 4.69) is 29.6 Å². The van der Waals surface area contributed by atoms with Crippen molar-refractivity contribution in [2.45, 2.75) is 38.3 Å². The van der Waals surface area contributed by atoms with Crippen molar-refractivity contribution in [3.63, 3.8) is 0 Å². The summed E-state index contributed by atoms with van der Waals surface area (Å²) >= 11 is 1.76. The molecule has 2 aromatic rings. The van der Waals surface area contributed by atoms with Crippen LogP contribution in [0.1, 0.15) is 38.3 Å². The summed E-state index contributed by atoms with van der Waals surface area (Å²) in [5, 5.41) is 3.47. The molecule has 0 bridgehead atoms. The first-order valence-electron chi connectivity index (χ1n) is 5.98. The summed E-state index contributed by atoms with van der Waals surface area (Å²) in [6.45, 7) is 4.09. The monoisotopic (exact) mass is 248 g/mol. The van der Waals surface area contributed by atoms with Crippen molar-refractivity contribution in [3.05, 3.63) is 35.2 Å². The molecule has 0 aliphatic rings. The third kappa shape index (κ3) is 3.06. The fourth-order valence-corrected chi connectivity index (χ4v) is 2.99. The molecule has 1 aromatic heterocycles. The van der Waals surface area contributed by atoms with E-state index in [4.69, 9.17) is 11.5 Å². The SMILES string of the molecule is CC(C)(N)CCC(N)c1csc2ccccc12. The quantitative estimate of drug-likeness (QED) is 0.871. The maximum atomic E-state index is 6.26. The summed E-state index contributed by atoms with van der Waals surface area (Å²) in [5.41, 5.74) is 13.4. The van der Waals surface area contributed by atoms with Crippen molar-refractivity contribution in [2.24, 2.45) is 11.5 Å². The standard InChI is InChI=1S/C14H20N2S/c1-14(2,16)8-7-12(15)11-9-17-13-6-4-3-5-10(11)13/h3-6,9,12H,7-8,15-16H2,1-2H3. The van der Waals surface area contributed by atoms with Crippen LogP contribution in [0, 0.1) is 0 Å². The zero-order valence-electron chi connectivity index (χ0n) is 10.4. The molecule has 1 heterocycles. The highest BCUT2D eigenvalue weighted by Gasteiger charge is 2.16. The molecule has 0 saturated heterocycles. The second kappa shape index (κ2) is 4.77. The number of hydrogen-bond acceptors (Lipinski definition) is 3. The van der Waals surface area contributed by atoms with Gasteiger partial charge in [-0.3, -0.25) is 0 Å². The largest absolute Gasteiger partial charge is 0.326 e. The smallest absolute Gasteiger partial charge is 0.0346 e. The molecule has 0 aliphatic carbocycles. The van der Waals surface area contributed by atoms with Crippen LogP contribution in [0.25, 0.3) is 10.1 Å². The molecule has 0 aliphatic heterocycles. The Hall–Kier alpha value is -0.900. The Morgan fingerprint density at radius 3 is 2.71 bits per heavy atom. The van der Waals surface area contributed by atoms with Crippen molar-refractivity contribution in [1.82, 2.24) is 0 Å². The van der Waals surface area contributed by atoms with Gasteiger partial charge in [0.15, 0.2) is 0 Å². The van der Waals surface area contributed by atoms with Crippen LogP contribution in [0.5, 0.6) is 0 Å². The average molecular weight is 248 g/mol. The van der Waals surface area contributed by atoms with E-state index in [1.807, 2.05) is 13.8 Å². The topological polar surface area (TPSA) is 52.0 Å². The predicted molar refractivity (Wildman–Crippen MR) is 76.3 cm³/mol. The third-order valence-corrected chi connectivity index (χ3v) is 3.99. The Kier molecular flexibility index (Phi) is 3.52. The van der Waals surface area contributed by atoms with Crippen molar-refractivity contribution < 1.29 is 0 Å². The Balaban J connectivity index is 2.16. The van der Waals surface area contributed by atoms with Crippen molar-refractivity contribution >= 4 is 21.4 Å². The lowest BCUT2D eigenvalue weighted by Crippen LogP contribution is -2.32. The maximum Gasteiger partial charge on any atom is 0.0346 e. The molecule has 2 rings (SSSR count). The van der Waals surface area contributed by atoms with Crippen LogP contribution in [-0.2, 0) is 0 Å². The van der Waals surface area contributed by atoms with Gasteiger partial charge in [-0.2, -0.15) is 0 Å². The van der Waals surface area contributed by atoms with Gasteiger partial charge in [0, 0.05) is 16.3 Å². The van der Waals surface area contributed by atoms with Gasteiger partial charge in [-0.05, 0) is 49.1 Å². The van der Waals surface area contributed by atoms with E-state index < -0.39 is 0 Å². The van der Waals surface area contributed by atoms with Crippen LogP contribution in [0.3, 0.4) is 0 Å². The van der Waals surface area contributed by atoms with Gasteiger partial charge in [0.2, 0.25) is 0 Å². The first-order chi connectivity index (χ1) is 7.97. The normalized spacial score (nSPS) is 14.1. The summed E-state index contributed by atoms with van der Waals surface area (Å²) in [4.78, 5) is 0. The van der Waals surface area contributed by atoms with Gasteiger partial charge in [-0.15, -0.1) is 11.3 Å². The molecular formula is C14H20N2S. The van der Waals surface area contributed by atoms with Crippen LogP contribution in [-0.4, -0.2) is 5.54 Å². The third-order valence-electron chi connectivity index (χ3n) is 3.01. The molecular weight excluding hydrogens is 228 g/mol. The van der Waals surface area contributed by atoms with Crippen molar-refractivity contribution in [3.8, 4) is 0 Å². The fraction of sp³-hybridized carbons (Fsp3) is 0.429. The lowest BCUT2D eigenvalue weighted by atomic mass is 9.94. The van der Waals surface area contributed by atoms with Gasteiger partial charge in [0.1, 0.15) is 0 Å². The Morgan fingerprint density at radius 2 is 2.00 bits per heavy atom. The van der Waals surface area contributed by atoms with E-state index in [1.165, 1.54) is 15.6 Å². The molecule has 0 radical (unpaired) electrons. The van der Waals surface area contributed by atoms with Gasteiger partial charge in [-0.1, -0.05) is 18.2 Å². The highest BCUT2D eigenvalue weighted by Crippen LogP contribution is 2.31. The van der Waals surface area contributed by atoms with E-state index in [0.29, 0.717) is 0 Å². The first-order valence-corrected chi connectivity index (χ1v) is 6.86. The molecule has 1 unspecified atom stereocenters. The molecule has 3 heteroatoms. The second-order valence-corrected chi connectivity index (χ2v) is 6.23. The molecule has 0 amide bonds. The minimum absolute atomic E-state index is 0.0916. The number of benzene rings is 1. The minimum Gasteiger partial charge on any atom is -0.326 e. The minimum atomic E-state index is -0.135. The van der Waals surface area contributed by atoms with E-state index in [9.17, 15) is 0 Å². The summed E-state index contributed by atoms with van der Waals surface area (Å²) < 4.78 is 1.31. The molecule has 92 valence electrons. The number of rotatable bonds is 4. The fourth-order valence-electron chi connectivity index (χ4n) is 1.97. The maximum absolute atomic E-state index is 6.26. The summed E-state index contributed by atoms with van der Waals surface area (Å²) in [7, 11) is 0. The Bertz CT molecular complexity index is 496. The summed E-state index contributed by atoms with van der Waals surface area (Å²) in [6, 6.07) is 8.52. The van der Waals surface area contributed by atoms with Gasteiger partial charge in [0.05, 0.1) is 0 Å². The van der Waals surface area contributed by atoms with Gasteiger partial charge < -0.3 is 11.5 Å². The van der Waals surface area contributed by atoms with E-state index in [-0.39, 0.29) is 11.6 Å². The predicted octanol–water partition coefficient (Wildman–Crippen LogP) is 3.42.